The van der Waals surface area contributed by atoms with Gasteiger partial charge < -0.3 is 15.4 Å². The number of hydrogen-bond donors (Lipinski definition) is 3. The number of esters is 1. The normalized spacial score (nSPS) is 10.3. The summed E-state index contributed by atoms with van der Waals surface area (Å²) in [6.07, 6.45) is 1.67. The van der Waals surface area contributed by atoms with Crippen molar-refractivity contribution in [3.8, 4) is 10.4 Å². The highest BCUT2D eigenvalue weighted by molar-refractivity contribution is 7.80. The minimum atomic E-state index is -0.405. The Bertz CT molecular complexity index is 860. The average molecular weight is 372 g/mol. The number of methoxy groups -OCH3 is 1. The zero-order valence-corrected chi connectivity index (χ0v) is 15.0. The lowest BCUT2D eigenvalue weighted by atomic mass is 10.1. The van der Waals surface area contributed by atoms with Crippen LogP contribution in [0.1, 0.15) is 16.1 Å². The first kappa shape index (κ1) is 17.1. The maximum Gasteiger partial charge on any atom is 0.340 e. The molecule has 0 radical (unpaired) electrons. The molecule has 8 heteroatoms. The molecule has 0 aliphatic carbocycles. The summed E-state index contributed by atoms with van der Waals surface area (Å²) >= 11 is 6.76. The Kier molecular flexibility index (Phi) is 5.42. The van der Waals surface area contributed by atoms with Gasteiger partial charge in [-0.3, -0.25) is 5.10 Å². The second-order valence-electron chi connectivity index (χ2n) is 5.10. The van der Waals surface area contributed by atoms with E-state index in [0.29, 0.717) is 22.2 Å². The van der Waals surface area contributed by atoms with Gasteiger partial charge >= 0.3 is 5.97 Å². The Morgan fingerprint density at radius 2 is 2.12 bits per heavy atom. The molecule has 0 saturated heterocycles. The highest BCUT2D eigenvalue weighted by Crippen LogP contribution is 2.35. The van der Waals surface area contributed by atoms with Crippen LogP contribution in [0.15, 0.2) is 48.7 Å². The number of rotatable bonds is 5. The number of thiophene rings is 1. The maximum absolute atomic E-state index is 12.1. The second kappa shape index (κ2) is 7.91. The van der Waals surface area contributed by atoms with Crippen LogP contribution in [0.25, 0.3) is 10.4 Å². The van der Waals surface area contributed by atoms with E-state index in [1.165, 1.54) is 18.4 Å². The Morgan fingerprint density at radius 3 is 2.80 bits per heavy atom. The van der Waals surface area contributed by atoms with Crippen LogP contribution in [0.4, 0.5) is 5.00 Å². The van der Waals surface area contributed by atoms with Gasteiger partial charge in [0.15, 0.2) is 5.11 Å². The third kappa shape index (κ3) is 4.23. The van der Waals surface area contributed by atoms with E-state index in [4.69, 9.17) is 17.0 Å². The fourth-order valence-corrected chi connectivity index (χ4v) is 3.49. The quantitative estimate of drug-likeness (QED) is 0.470. The van der Waals surface area contributed by atoms with Crippen molar-refractivity contribution in [2.24, 2.45) is 0 Å². The van der Waals surface area contributed by atoms with Gasteiger partial charge in [-0.1, -0.05) is 30.3 Å². The summed E-state index contributed by atoms with van der Waals surface area (Å²) in [5.74, 6) is -0.405. The number of aromatic amines is 1. The van der Waals surface area contributed by atoms with E-state index in [2.05, 4.69) is 20.8 Å². The molecule has 6 nitrogen and oxygen atoms in total. The molecule has 1 aromatic carbocycles. The molecule has 0 bridgehead atoms. The molecule has 0 fully saturated rings. The Hall–Kier alpha value is -2.71. The van der Waals surface area contributed by atoms with Crippen LogP contribution in [0.3, 0.4) is 0 Å². The standard InChI is InChI=1S/C17H16N4O2S2/c1-23-16(22)13-9-14(11-5-3-2-4-6-11)25-15(13)20-17(24)18-10-12-7-8-19-21-12/h2-9H,10H2,1H3,(H,19,21)(H2,18,20,24). The number of aromatic nitrogens is 2. The number of carbonyl (C=O) groups excluding carboxylic acids is 1. The van der Waals surface area contributed by atoms with Crippen LogP contribution in [0.2, 0.25) is 0 Å². The van der Waals surface area contributed by atoms with E-state index >= 15 is 0 Å². The van der Waals surface area contributed by atoms with Crippen molar-refractivity contribution in [1.82, 2.24) is 15.5 Å². The Balaban J connectivity index is 1.77. The molecule has 25 heavy (non-hydrogen) atoms. The third-order valence-corrected chi connectivity index (χ3v) is 4.77. The zero-order chi connectivity index (χ0) is 17.6. The summed E-state index contributed by atoms with van der Waals surface area (Å²) < 4.78 is 4.88. The average Bonchev–Trinajstić information content (AvgIpc) is 3.30. The second-order valence-corrected chi connectivity index (χ2v) is 6.56. The van der Waals surface area contributed by atoms with Crippen molar-refractivity contribution in [2.45, 2.75) is 6.54 Å². The molecule has 0 amide bonds. The van der Waals surface area contributed by atoms with Crippen molar-refractivity contribution in [3.63, 3.8) is 0 Å². The van der Waals surface area contributed by atoms with Crippen molar-refractivity contribution in [3.05, 3.63) is 59.9 Å². The van der Waals surface area contributed by atoms with E-state index in [1.54, 1.807) is 6.20 Å². The van der Waals surface area contributed by atoms with Gasteiger partial charge in [-0.2, -0.15) is 5.10 Å². The Labute approximate surface area is 154 Å². The van der Waals surface area contributed by atoms with Gasteiger partial charge in [0.2, 0.25) is 0 Å². The Morgan fingerprint density at radius 1 is 1.32 bits per heavy atom. The summed E-state index contributed by atoms with van der Waals surface area (Å²) in [6, 6.07) is 13.5. The molecular weight excluding hydrogens is 356 g/mol. The van der Waals surface area contributed by atoms with E-state index in [9.17, 15) is 4.79 Å². The fourth-order valence-electron chi connectivity index (χ4n) is 2.20. The summed E-state index contributed by atoms with van der Waals surface area (Å²) in [7, 11) is 1.36. The summed E-state index contributed by atoms with van der Waals surface area (Å²) in [5, 5.41) is 13.9. The topological polar surface area (TPSA) is 79.0 Å². The molecule has 0 aliphatic rings. The molecule has 0 unspecified atom stereocenters. The molecule has 3 rings (SSSR count). The molecule has 0 saturated carbocycles. The number of H-pyrrole nitrogens is 1. The predicted octanol–water partition coefficient (Wildman–Crippen LogP) is 3.41. The van der Waals surface area contributed by atoms with Crippen LogP contribution < -0.4 is 10.6 Å². The summed E-state index contributed by atoms with van der Waals surface area (Å²) in [5.41, 5.74) is 2.40. The smallest absolute Gasteiger partial charge is 0.340 e. The largest absolute Gasteiger partial charge is 0.465 e. The first-order valence-electron chi connectivity index (χ1n) is 7.48. The number of nitrogens with zero attached hydrogens (tertiary/aromatic N) is 1. The SMILES string of the molecule is COC(=O)c1cc(-c2ccccc2)sc1NC(=S)NCc1ccn[nH]1. The molecule has 3 aromatic rings. The lowest BCUT2D eigenvalue weighted by molar-refractivity contribution is 0.0602. The van der Waals surface area contributed by atoms with E-state index < -0.39 is 5.97 Å². The van der Waals surface area contributed by atoms with Gasteiger partial charge in [0.05, 0.1) is 24.9 Å². The molecule has 0 aliphatic heterocycles. The third-order valence-electron chi connectivity index (χ3n) is 3.42. The van der Waals surface area contributed by atoms with E-state index in [0.717, 1.165) is 16.1 Å². The molecule has 0 spiro atoms. The number of hydrogen-bond acceptors (Lipinski definition) is 5. The number of ether oxygens (including phenoxy) is 1. The highest BCUT2D eigenvalue weighted by atomic mass is 32.1. The first-order chi connectivity index (χ1) is 12.2. The van der Waals surface area contributed by atoms with Gasteiger partial charge in [-0.15, -0.1) is 11.3 Å². The van der Waals surface area contributed by atoms with Gasteiger partial charge in [0.1, 0.15) is 5.00 Å². The monoisotopic (exact) mass is 372 g/mol. The molecule has 128 valence electrons. The van der Waals surface area contributed by atoms with Crippen LogP contribution in [-0.2, 0) is 11.3 Å². The molecule has 3 N–H and O–H groups in total. The molecule has 2 heterocycles. The van der Waals surface area contributed by atoms with Gasteiger partial charge in [-0.25, -0.2) is 4.79 Å². The van der Waals surface area contributed by atoms with Crippen molar-refractivity contribution in [2.75, 3.05) is 12.4 Å². The zero-order valence-electron chi connectivity index (χ0n) is 13.4. The minimum absolute atomic E-state index is 0.405. The maximum atomic E-state index is 12.1. The van der Waals surface area contributed by atoms with Crippen molar-refractivity contribution in [1.29, 1.82) is 0 Å². The van der Waals surface area contributed by atoms with Gasteiger partial charge in [0, 0.05) is 11.1 Å². The number of thiocarbonyl (C=S) groups is 1. The van der Waals surface area contributed by atoms with Crippen LogP contribution in [0.5, 0.6) is 0 Å². The number of nitrogens with one attached hydrogen (secondary N) is 3. The van der Waals surface area contributed by atoms with Crippen LogP contribution in [0, 0.1) is 0 Å². The number of anilines is 1. The number of carbonyl (C=O) groups is 1. The van der Waals surface area contributed by atoms with Crippen molar-refractivity contribution < 1.29 is 9.53 Å². The summed E-state index contributed by atoms with van der Waals surface area (Å²) in [6.45, 7) is 0.510. The first-order valence-corrected chi connectivity index (χ1v) is 8.70. The van der Waals surface area contributed by atoms with Crippen LogP contribution >= 0.6 is 23.6 Å². The van der Waals surface area contributed by atoms with E-state index in [1.807, 2.05) is 42.5 Å². The minimum Gasteiger partial charge on any atom is -0.465 e. The number of benzene rings is 1. The predicted molar refractivity (Wildman–Crippen MR) is 103 cm³/mol. The molecule has 0 atom stereocenters. The van der Waals surface area contributed by atoms with Crippen molar-refractivity contribution >= 4 is 39.6 Å². The van der Waals surface area contributed by atoms with Gasteiger partial charge in [0.25, 0.3) is 0 Å². The van der Waals surface area contributed by atoms with Crippen LogP contribution in [-0.4, -0.2) is 28.4 Å². The summed E-state index contributed by atoms with van der Waals surface area (Å²) in [4.78, 5) is 13.0. The van der Waals surface area contributed by atoms with E-state index in [-0.39, 0.29) is 0 Å². The lowest BCUT2D eigenvalue weighted by Crippen LogP contribution is -2.28. The fraction of sp³-hybridized carbons (Fsp3) is 0.118. The lowest BCUT2D eigenvalue weighted by Gasteiger charge is -2.09. The molecule has 2 aromatic heterocycles. The van der Waals surface area contributed by atoms with Gasteiger partial charge in [-0.05, 0) is 29.9 Å². The highest BCUT2D eigenvalue weighted by Gasteiger charge is 2.18. The molecular formula is C17H16N4O2S2.